The van der Waals surface area contributed by atoms with Crippen molar-refractivity contribution in [1.29, 1.82) is 0 Å². The van der Waals surface area contributed by atoms with E-state index in [1.807, 2.05) is 11.4 Å². The molecule has 74 valence electrons. The lowest BCUT2D eigenvalue weighted by Gasteiger charge is -2.01. The smallest absolute Gasteiger partial charge is 0.220 e. The first-order chi connectivity index (χ1) is 6.68. The van der Waals surface area contributed by atoms with Gasteiger partial charge in [0.25, 0.3) is 0 Å². The van der Waals surface area contributed by atoms with Crippen LogP contribution in [0.15, 0.2) is 11.4 Å². The van der Waals surface area contributed by atoms with Crippen LogP contribution in [0.1, 0.15) is 5.56 Å². The standard InChI is InChI=1S/C7H7ClN4S2/c8-5-4(1-2-14-5)3-12-6(9)10-11-7(12)13/h1-2H,3H2,(H2,9,10)(H,11,13). The first-order valence-corrected chi connectivity index (χ1v) is 5.47. The molecule has 0 unspecified atom stereocenters. The van der Waals surface area contributed by atoms with Gasteiger partial charge in [-0.05, 0) is 23.7 Å². The van der Waals surface area contributed by atoms with Gasteiger partial charge in [0.05, 0.1) is 10.9 Å². The molecule has 0 aliphatic rings. The maximum Gasteiger partial charge on any atom is 0.220 e. The minimum absolute atomic E-state index is 0.372. The molecule has 2 heterocycles. The second-order valence-electron chi connectivity index (χ2n) is 2.69. The number of rotatable bonds is 2. The summed E-state index contributed by atoms with van der Waals surface area (Å²) in [5.41, 5.74) is 6.62. The summed E-state index contributed by atoms with van der Waals surface area (Å²) in [5.74, 6) is 0.372. The van der Waals surface area contributed by atoms with Crippen LogP contribution >= 0.6 is 35.2 Å². The molecule has 3 N–H and O–H groups in total. The summed E-state index contributed by atoms with van der Waals surface area (Å²) in [5, 5.41) is 8.36. The molecule has 14 heavy (non-hydrogen) atoms. The summed E-state index contributed by atoms with van der Waals surface area (Å²) in [6, 6.07) is 1.95. The predicted molar refractivity (Wildman–Crippen MR) is 60.3 cm³/mol. The highest BCUT2D eigenvalue weighted by atomic mass is 35.5. The molecule has 0 saturated heterocycles. The number of H-pyrrole nitrogens is 1. The highest BCUT2D eigenvalue weighted by molar-refractivity contribution is 7.71. The van der Waals surface area contributed by atoms with Gasteiger partial charge in [-0.25, -0.2) is 5.10 Å². The first kappa shape index (κ1) is 9.70. The Labute approximate surface area is 94.3 Å². The summed E-state index contributed by atoms with van der Waals surface area (Å²) in [6.45, 7) is 0.559. The van der Waals surface area contributed by atoms with Crippen molar-refractivity contribution in [1.82, 2.24) is 14.8 Å². The van der Waals surface area contributed by atoms with Crippen molar-refractivity contribution < 1.29 is 0 Å². The Bertz CT molecular complexity index is 498. The van der Waals surface area contributed by atoms with E-state index in [0.29, 0.717) is 17.3 Å². The third-order valence-corrected chi connectivity index (χ3v) is 3.37. The van der Waals surface area contributed by atoms with Crippen LogP contribution in [0.4, 0.5) is 5.95 Å². The zero-order valence-electron chi connectivity index (χ0n) is 7.03. The van der Waals surface area contributed by atoms with Crippen LogP contribution in [-0.2, 0) is 6.54 Å². The van der Waals surface area contributed by atoms with Gasteiger partial charge in [-0.3, -0.25) is 4.57 Å². The molecule has 0 fully saturated rings. The Hall–Kier alpha value is -0.850. The third kappa shape index (κ3) is 1.68. The average Bonchev–Trinajstić information content (AvgIpc) is 2.67. The van der Waals surface area contributed by atoms with Gasteiger partial charge in [0, 0.05) is 5.56 Å². The molecule has 4 nitrogen and oxygen atoms in total. The second-order valence-corrected chi connectivity index (χ2v) is 4.60. The Morgan fingerprint density at radius 1 is 1.71 bits per heavy atom. The van der Waals surface area contributed by atoms with E-state index in [1.165, 1.54) is 11.3 Å². The lowest BCUT2D eigenvalue weighted by molar-refractivity contribution is 0.796. The number of hydrogen-bond donors (Lipinski definition) is 2. The number of aromatic nitrogens is 3. The molecule has 2 rings (SSSR count). The van der Waals surface area contributed by atoms with Crippen molar-refractivity contribution in [3.05, 3.63) is 26.1 Å². The summed E-state index contributed by atoms with van der Waals surface area (Å²) in [7, 11) is 0. The molecule has 0 aromatic carbocycles. The zero-order chi connectivity index (χ0) is 10.1. The van der Waals surface area contributed by atoms with Crippen LogP contribution in [0.5, 0.6) is 0 Å². The molecule has 7 heteroatoms. The van der Waals surface area contributed by atoms with Crippen molar-refractivity contribution in [2.24, 2.45) is 0 Å². The number of aromatic amines is 1. The number of thiophene rings is 1. The predicted octanol–water partition coefficient (Wildman–Crippen LogP) is 2.29. The van der Waals surface area contributed by atoms with Gasteiger partial charge in [0.2, 0.25) is 5.95 Å². The van der Waals surface area contributed by atoms with E-state index in [1.54, 1.807) is 4.57 Å². The number of nitrogen functional groups attached to an aromatic ring is 1. The van der Waals surface area contributed by atoms with Gasteiger partial charge in [0.1, 0.15) is 0 Å². The number of hydrogen-bond acceptors (Lipinski definition) is 4. The Morgan fingerprint density at radius 3 is 3.00 bits per heavy atom. The van der Waals surface area contributed by atoms with Crippen molar-refractivity contribution in [3.63, 3.8) is 0 Å². The van der Waals surface area contributed by atoms with Gasteiger partial charge in [-0.1, -0.05) is 11.6 Å². The SMILES string of the molecule is Nc1n[nH]c(=S)n1Cc1ccsc1Cl. The lowest BCUT2D eigenvalue weighted by atomic mass is 10.3. The summed E-state index contributed by atoms with van der Waals surface area (Å²) in [4.78, 5) is 0. The quantitative estimate of drug-likeness (QED) is 0.800. The molecule has 0 bridgehead atoms. The highest BCUT2D eigenvalue weighted by Crippen LogP contribution is 2.23. The summed E-state index contributed by atoms with van der Waals surface area (Å²) < 4.78 is 2.96. The van der Waals surface area contributed by atoms with E-state index < -0.39 is 0 Å². The lowest BCUT2D eigenvalue weighted by Crippen LogP contribution is -2.04. The second kappa shape index (κ2) is 3.72. The molecule has 0 saturated carbocycles. The van der Waals surface area contributed by atoms with E-state index >= 15 is 0 Å². The van der Waals surface area contributed by atoms with E-state index in [0.717, 1.165) is 9.90 Å². The fourth-order valence-electron chi connectivity index (χ4n) is 1.08. The molecule has 0 atom stereocenters. The van der Waals surface area contributed by atoms with E-state index in [9.17, 15) is 0 Å². The molecule has 0 aliphatic carbocycles. The van der Waals surface area contributed by atoms with Crippen molar-refractivity contribution in [2.45, 2.75) is 6.54 Å². The van der Waals surface area contributed by atoms with Crippen LogP contribution in [0.2, 0.25) is 4.34 Å². The summed E-state index contributed by atoms with van der Waals surface area (Å²) >= 11 is 12.5. The zero-order valence-corrected chi connectivity index (χ0v) is 9.42. The van der Waals surface area contributed by atoms with Gasteiger partial charge in [-0.15, -0.1) is 16.4 Å². The van der Waals surface area contributed by atoms with Crippen LogP contribution in [0.3, 0.4) is 0 Å². The third-order valence-electron chi connectivity index (χ3n) is 1.81. The molecule has 0 radical (unpaired) electrons. The minimum Gasteiger partial charge on any atom is -0.368 e. The maximum atomic E-state index is 5.96. The topological polar surface area (TPSA) is 59.6 Å². The van der Waals surface area contributed by atoms with Gasteiger partial charge in [0.15, 0.2) is 4.77 Å². The first-order valence-electron chi connectivity index (χ1n) is 3.81. The molecular formula is C7H7ClN4S2. The van der Waals surface area contributed by atoms with Gasteiger partial charge < -0.3 is 5.73 Å². The molecular weight excluding hydrogens is 240 g/mol. The van der Waals surface area contributed by atoms with Crippen LogP contribution in [0, 0.1) is 4.77 Å². The highest BCUT2D eigenvalue weighted by Gasteiger charge is 2.06. The van der Waals surface area contributed by atoms with Crippen LogP contribution in [-0.4, -0.2) is 14.8 Å². The van der Waals surface area contributed by atoms with E-state index in [2.05, 4.69) is 10.2 Å². The molecule has 0 amide bonds. The van der Waals surface area contributed by atoms with Gasteiger partial charge >= 0.3 is 0 Å². The summed E-state index contributed by atoms with van der Waals surface area (Å²) in [6.07, 6.45) is 0. The van der Waals surface area contributed by atoms with Gasteiger partial charge in [-0.2, -0.15) is 0 Å². The maximum absolute atomic E-state index is 5.96. The van der Waals surface area contributed by atoms with E-state index in [4.69, 9.17) is 29.6 Å². The Balaban J connectivity index is 2.36. The van der Waals surface area contributed by atoms with Crippen LogP contribution < -0.4 is 5.73 Å². The van der Waals surface area contributed by atoms with Crippen molar-refractivity contribution >= 4 is 41.1 Å². The number of nitrogens with two attached hydrogens (primary N) is 1. The molecule has 2 aromatic heterocycles. The largest absolute Gasteiger partial charge is 0.368 e. The minimum atomic E-state index is 0.372. The fourth-order valence-corrected chi connectivity index (χ4v) is 2.20. The average molecular weight is 247 g/mol. The number of anilines is 1. The number of halogens is 1. The molecule has 2 aromatic rings. The monoisotopic (exact) mass is 246 g/mol. The Morgan fingerprint density at radius 2 is 2.50 bits per heavy atom. The normalized spacial score (nSPS) is 10.6. The fraction of sp³-hybridized carbons (Fsp3) is 0.143. The number of nitrogens with zero attached hydrogens (tertiary/aromatic N) is 2. The molecule has 0 aliphatic heterocycles. The molecule has 0 spiro atoms. The van der Waals surface area contributed by atoms with Crippen molar-refractivity contribution in [3.8, 4) is 0 Å². The Kier molecular flexibility index (Phi) is 2.58. The number of nitrogens with one attached hydrogen (secondary N) is 1. The van der Waals surface area contributed by atoms with Crippen molar-refractivity contribution in [2.75, 3.05) is 5.73 Å². The van der Waals surface area contributed by atoms with E-state index in [-0.39, 0.29) is 0 Å². The van der Waals surface area contributed by atoms with Crippen LogP contribution in [0.25, 0.3) is 0 Å².